The molecule has 0 unspecified atom stereocenters. The van der Waals surface area contributed by atoms with Crippen LogP contribution in [0.2, 0.25) is 5.15 Å². The molecule has 2 rings (SSSR count). The van der Waals surface area contributed by atoms with Crippen LogP contribution in [-0.4, -0.2) is 29.1 Å². The third-order valence-corrected chi connectivity index (χ3v) is 4.75. The fraction of sp³-hybridized carbons (Fsp3) is 0.533. The molecule has 0 saturated carbocycles. The maximum Gasteiger partial charge on any atom is 0.491 e. The normalized spacial score (nSPS) is 20.9. The van der Waals surface area contributed by atoms with Gasteiger partial charge in [0.05, 0.1) is 11.2 Å². The summed E-state index contributed by atoms with van der Waals surface area (Å²) in [5.41, 5.74) is 2.14. The second-order valence-corrected chi connectivity index (χ2v) is 6.98. The standard InChI is InChI=1S/C15H21BClNO2S/c1-10-11(6-7-13(17)18-10)8-12(9-21)16-19-14(2,3)15(4,5)20-16/h6-8,21H,9H2,1-5H3. The van der Waals surface area contributed by atoms with Gasteiger partial charge in [0.15, 0.2) is 0 Å². The van der Waals surface area contributed by atoms with Crippen molar-refractivity contribution in [3.8, 4) is 0 Å². The monoisotopic (exact) mass is 325 g/mol. The van der Waals surface area contributed by atoms with Crippen molar-refractivity contribution >= 4 is 37.4 Å². The van der Waals surface area contributed by atoms with Crippen LogP contribution >= 0.6 is 24.2 Å². The van der Waals surface area contributed by atoms with Crippen LogP contribution in [0.25, 0.3) is 6.08 Å². The third kappa shape index (κ3) is 3.47. The highest BCUT2D eigenvalue weighted by Gasteiger charge is 2.52. The minimum absolute atomic E-state index is 0.354. The van der Waals surface area contributed by atoms with Crippen LogP contribution in [-0.2, 0) is 9.31 Å². The molecule has 0 atom stereocenters. The van der Waals surface area contributed by atoms with E-state index >= 15 is 0 Å². The molecule has 1 aromatic heterocycles. The summed E-state index contributed by atoms with van der Waals surface area (Å²) in [5.74, 6) is 0.554. The van der Waals surface area contributed by atoms with Crippen LogP contribution in [0.4, 0.5) is 0 Å². The molecule has 1 aliphatic heterocycles. The van der Waals surface area contributed by atoms with Crippen molar-refractivity contribution in [2.45, 2.75) is 45.8 Å². The van der Waals surface area contributed by atoms with Crippen LogP contribution in [0.15, 0.2) is 17.6 Å². The number of pyridine rings is 1. The Morgan fingerprint density at radius 2 is 1.86 bits per heavy atom. The van der Waals surface area contributed by atoms with Gasteiger partial charge in [-0.05, 0) is 51.7 Å². The lowest BCUT2D eigenvalue weighted by Crippen LogP contribution is -2.41. The van der Waals surface area contributed by atoms with E-state index in [0.29, 0.717) is 10.9 Å². The smallest absolute Gasteiger partial charge is 0.400 e. The van der Waals surface area contributed by atoms with Crippen molar-refractivity contribution in [1.82, 2.24) is 4.98 Å². The molecule has 3 nitrogen and oxygen atoms in total. The van der Waals surface area contributed by atoms with Crippen molar-refractivity contribution < 1.29 is 9.31 Å². The molecule has 0 N–H and O–H groups in total. The van der Waals surface area contributed by atoms with Crippen LogP contribution in [0.1, 0.15) is 39.0 Å². The highest BCUT2D eigenvalue weighted by molar-refractivity contribution is 7.80. The molecule has 2 heterocycles. The lowest BCUT2D eigenvalue weighted by Gasteiger charge is -2.32. The van der Waals surface area contributed by atoms with Crippen molar-refractivity contribution in [3.05, 3.63) is 34.0 Å². The Hall–Kier alpha value is -0.485. The zero-order valence-electron chi connectivity index (χ0n) is 13.1. The summed E-state index contributed by atoms with van der Waals surface area (Å²) in [6.07, 6.45) is 2.02. The predicted octanol–water partition coefficient (Wildman–Crippen LogP) is 3.99. The second-order valence-electron chi connectivity index (χ2n) is 6.27. The van der Waals surface area contributed by atoms with E-state index in [0.717, 1.165) is 16.7 Å². The van der Waals surface area contributed by atoms with Gasteiger partial charge in [-0.1, -0.05) is 23.7 Å². The molecule has 6 heteroatoms. The van der Waals surface area contributed by atoms with Gasteiger partial charge < -0.3 is 9.31 Å². The van der Waals surface area contributed by atoms with Crippen molar-refractivity contribution in [2.75, 3.05) is 5.75 Å². The molecule has 0 radical (unpaired) electrons. The summed E-state index contributed by atoms with van der Waals surface area (Å²) in [4.78, 5) is 4.26. The van der Waals surface area contributed by atoms with Gasteiger partial charge in [-0.25, -0.2) is 4.98 Å². The van der Waals surface area contributed by atoms with Crippen LogP contribution in [0.3, 0.4) is 0 Å². The SMILES string of the molecule is Cc1nc(Cl)ccc1C=C(CS)B1OC(C)(C)C(C)(C)O1. The molecule has 1 fully saturated rings. The van der Waals surface area contributed by atoms with E-state index < -0.39 is 0 Å². The summed E-state index contributed by atoms with van der Waals surface area (Å²) in [6.45, 7) is 10.1. The highest BCUT2D eigenvalue weighted by atomic mass is 35.5. The number of hydrogen-bond acceptors (Lipinski definition) is 4. The molecule has 1 aliphatic rings. The van der Waals surface area contributed by atoms with Gasteiger partial charge in [-0.3, -0.25) is 0 Å². The molecule has 0 aromatic carbocycles. The van der Waals surface area contributed by atoms with E-state index in [2.05, 4.69) is 17.6 Å². The summed E-state index contributed by atoms with van der Waals surface area (Å²) in [7, 11) is -0.387. The van der Waals surface area contributed by atoms with E-state index in [1.165, 1.54) is 0 Å². The molecule has 21 heavy (non-hydrogen) atoms. The van der Waals surface area contributed by atoms with Gasteiger partial charge in [0.1, 0.15) is 5.15 Å². The third-order valence-electron chi connectivity index (χ3n) is 4.17. The number of thiol groups is 1. The fourth-order valence-electron chi connectivity index (χ4n) is 2.08. The molecular formula is C15H21BClNO2S. The molecular weight excluding hydrogens is 305 g/mol. The average molecular weight is 326 g/mol. The summed E-state index contributed by atoms with van der Waals surface area (Å²) in [5, 5.41) is 0.493. The van der Waals surface area contributed by atoms with Crippen LogP contribution in [0.5, 0.6) is 0 Å². The van der Waals surface area contributed by atoms with Gasteiger partial charge in [0.25, 0.3) is 0 Å². The number of aryl methyl sites for hydroxylation is 1. The first-order chi connectivity index (χ1) is 9.66. The Balaban J connectivity index is 2.31. The highest BCUT2D eigenvalue weighted by Crippen LogP contribution is 2.39. The van der Waals surface area contributed by atoms with Crippen molar-refractivity contribution in [1.29, 1.82) is 0 Å². The summed E-state index contributed by atoms with van der Waals surface area (Å²) >= 11 is 10.3. The Kier molecular flexibility index (Phi) is 4.79. The Bertz CT molecular complexity index is 559. The molecule has 1 saturated heterocycles. The van der Waals surface area contributed by atoms with Crippen LogP contribution < -0.4 is 0 Å². The van der Waals surface area contributed by atoms with E-state index in [9.17, 15) is 0 Å². The lowest BCUT2D eigenvalue weighted by molar-refractivity contribution is 0.00578. The summed E-state index contributed by atoms with van der Waals surface area (Å²) in [6, 6.07) is 3.72. The minimum atomic E-state index is -0.387. The average Bonchev–Trinajstić information content (AvgIpc) is 2.57. The number of aromatic nitrogens is 1. The molecule has 1 aromatic rings. The topological polar surface area (TPSA) is 31.4 Å². The zero-order valence-corrected chi connectivity index (χ0v) is 14.8. The largest absolute Gasteiger partial charge is 0.491 e. The maximum atomic E-state index is 6.07. The van der Waals surface area contributed by atoms with E-state index in [4.69, 9.17) is 20.9 Å². The lowest BCUT2D eigenvalue weighted by atomic mass is 9.78. The first-order valence-electron chi connectivity index (χ1n) is 6.96. The van der Waals surface area contributed by atoms with Crippen molar-refractivity contribution in [3.63, 3.8) is 0 Å². The van der Waals surface area contributed by atoms with Gasteiger partial charge in [-0.15, -0.1) is 0 Å². The van der Waals surface area contributed by atoms with Gasteiger partial charge in [0.2, 0.25) is 0 Å². The minimum Gasteiger partial charge on any atom is -0.400 e. The number of hydrogen-bond donors (Lipinski definition) is 1. The Morgan fingerprint density at radius 3 is 2.33 bits per heavy atom. The Labute approximate surface area is 137 Å². The Morgan fingerprint density at radius 1 is 1.29 bits per heavy atom. The summed E-state index contributed by atoms with van der Waals surface area (Å²) < 4.78 is 12.1. The number of rotatable bonds is 3. The van der Waals surface area contributed by atoms with Crippen LogP contribution in [0, 0.1) is 6.92 Å². The maximum absolute atomic E-state index is 6.07. The molecule has 0 amide bonds. The molecule has 114 valence electrons. The molecule has 0 aliphatic carbocycles. The molecule has 0 spiro atoms. The molecule has 0 bridgehead atoms. The first kappa shape index (κ1) is 16.9. The predicted molar refractivity (Wildman–Crippen MR) is 91.9 cm³/mol. The second kappa shape index (κ2) is 5.96. The number of halogens is 1. The van der Waals surface area contributed by atoms with Gasteiger partial charge >= 0.3 is 7.12 Å². The van der Waals surface area contributed by atoms with E-state index in [1.54, 1.807) is 6.07 Å². The van der Waals surface area contributed by atoms with Gasteiger partial charge in [-0.2, -0.15) is 12.6 Å². The van der Waals surface area contributed by atoms with Crippen molar-refractivity contribution in [2.24, 2.45) is 0 Å². The fourth-order valence-corrected chi connectivity index (χ4v) is 2.51. The van der Waals surface area contributed by atoms with E-state index in [-0.39, 0.29) is 18.3 Å². The van der Waals surface area contributed by atoms with Gasteiger partial charge in [0, 0.05) is 11.4 Å². The first-order valence-corrected chi connectivity index (χ1v) is 7.97. The quantitative estimate of drug-likeness (QED) is 0.518. The zero-order chi connectivity index (χ0) is 15.8. The van der Waals surface area contributed by atoms with E-state index in [1.807, 2.05) is 46.8 Å². The number of nitrogens with zero attached hydrogens (tertiary/aromatic N) is 1.